The Labute approximate surface area is 197 Å². The van der Waals surface area contributed by atoms with Crippen LogP contribution in [0.4, 0.5) is 9.52 Å². The number of rotatable bonds is 7. The fraction of sp³-hybridized carbons (Fsp3) is 0.476. The summed E-state index contributed by atoms with van der Waals surface area (Å²) in [5.41, 5.74) is -0.134. The first-order chi connectivity index (χ1) is 15.3. The minimum absolute atomic E-state index is 0.110. The van der Waals surface area contributed by atoms with Crippen LogP contribution in [-0.2, 0) is 9.53 Å². The molecule has 1 aromatic carbocycles. The molecule has 3 rings (SSSR count). The summed E-state index contributed by atoms with van der Waals surface area (Å²) < 4.78 is 19.1. The summed E-state index contributed by atoms with van der Waals surface area (Å²) in [6.07, 6.45) is 1.65. The molecule has 0 radical (unpaired) electrons. The summed E-state index contributed by atoms with van der Waals surface area (Å²) in [5.74, 6) is -0.565. The van der Waals surface area contributed by atoms with Crippen LogP contribution >= 0.6 is 23.3 Å². The Hall–Kier alpha value is -1.89. The number of anilines is 1. The topological polar surface area (TPSA) is 119 Å². The van der Waals surface area contributed by atoms with E-state index < -0.39 is 11.0 Å². The van der Waals surface area contributed by atoms with E-state index in [4.69, 9.17) is 15.6 Å². The van der Waals surface area contributed by atoms with Crippen LogP contribution in [0.5, 0.6) is 0 Å². The van der Waals surface area contributed by atoms with Crippen LogP contribution < -0.4 is 5.32 Å². The normalized spacial score (nSPS) is 12.6. The van der Waals surface area contributed by atoms with Gasteiger partial charge in [0.25, 0.3) is 5.91 Å². The largest absolute Gasteiger partial charge is 0.396 e. The summed E-state index contributed by atoms with van der Waals surface area (Å²) in [5, 5.41) is 26.1. The average molecular weight is 489 g/mol. The number of aromatic nitrogens is 1. The van der Waals surface area contributed by atoms with E-state index in [1.165, 1.54) is 11.8 Å². The molecule has 11 heteroatoms. The number of hydrogen-bond acceptors (Lipinski definition) is 9. The molecule has 1 aliphatic rings. The second-order valence-electron chi connectivity index (χ2n) is 6.02. The van der Waals surface area contributed by atoms with Crippen LogP contribution in [0.25, 0.3) is 0 Å². The number of aliphatic hydroxyl groups excluding tert-OH is 2. The highest BCUT2D eigenvalue weighted by molar-refractivity contribution is 7.97. The number of hydrogen-bond donors (Lipinski definition) is 4. The van der Waals surface area contributed by atoms with E-state index in [9.17, 15) is 9.18 Å². The number of ether oxygens (including phenoxy) is 1. The molecule has 2 heterocycles. The number of methoxy groups -OCH3 is 1. The van der Waals surface area contributed by atoms with Gasteiger partial charge in [0.15, 0.2) is 10.3 Å². The molecule has 0 atom stereocenters. The zero-order valence-corrected chi connectivity index (χ0v) is 20.5. The smallest absolute Gasteiger partial charge is 0.270 e. The lowest BCUT2D eigenvalue weighted by Crippen LogP contribution is -2.46. The van der Waals surface area contributed by atoms with Gasteiger partial charge in [-0.15, -0.1) is 0 Å². The SMILES string of the molecule is CC.CC(=N)C(=O)Nc1ncc(F)s1.COCCCO.OC1CN(Sc2ccccc2)C1. The molecular formula is C21H33FN4O4S2. The van der Waals surface area contributed by atoms with Crippen molar-refractivity contribution in [2.45, 2.75) is 38.2 Å². The van der Waals surface area contributed by atoms with E-state index in [-0.39, 0.29) is 23.6 Å². The first-order valence-electron chi connectivity index (χ1n) is 10.1. The van der Waals surface area contributed by atoms with Gasteiger partial charge in [-0.05, 0) is 37.4 Å². The molecule has 1 aliphatic heterocycles. The Kier molecular flexibility index (Phi) is 17.6. The van der Waals surface area contributed by atoms with Crippen molar-refractivity contribution in [2.24, 2.45) is 0 Å². The van der Waals surface area contributed by atoms with Crippen LogP contribution in [-0.4, -0.2) is 70.6 Å². The standard InChI is InChI=1S/C9H11NOS.C6H6FN3OS.C4H10O2.C2H6/c11-8-6-10(7-8)12-9-4-2-1-3-5-9;1-3(8)5(11)10-6-9-2-4(7)12-6;1-6-4-2-3-5;1-2/h1-5,8,11H,6-7H2;2,8H,1H3,(H,9,10,11);5H,2-4H2,1H3;1-2H3. The molecule has 0 saturated carbocycles. The molecule has 0 aliphatic carbocycles. The number of halogens is 1. The van der Waals surface area contributed by atoms with Crippen molar-refractivity contribution in [2.75, 3.05) is 38.7 Å². The van der Waals surface area contributed by atoms with Gasteiger partial charge in [-0.2, -0.15) is 4.39 Å². The maximum atomic E-state index is 12.3. The monoisotopic (exact) mass is 488 g/mol. The maximum absolute atomic E-state index is 12.3. The molecule has 1 amide bonds. The van der Waals surface area contributed by atoms with E-state index in [1.807, 2.05) is 32.0 Å². The van der Waals surface area contributed by atoms with Gasteiger partial charge in [0.05, 0.1) is 18.0 Å². The molecule has 0 bridgehead atoms. The van der Waals surface area contributed by atoms with Gasteiger partial charge in [-0.3, -0.25) is 15.5 Å². The summed E-state index contributed by atoms with van der Waals surface area (Å²) >= 11 is 2.43. The molecule has 1 aromatic heterocycles. The van der Waals surface area contributed by atoms with Crippen LogP contribution in [0, 0.1) is 10.5 Å². The first-order valence-corrected chi connectivity index (χ1v) is 11.7. The van der Waals surface area contributed by atoms with Crippen molar-refractivity contribution in [1.29, 1.82) is 5.41 Å². The van der Waals surface area contributed by atoms with Gasteiger partial charge in [0, 0.05) is 38.3 Å². The van der Waals surface area contributed by atoms with E-state index in [1.54, 1.807) is 19.1 Å². The van der Waals surface area contributed by atoms with Crippen molar-refractivity contribution < 1.29 is 24.1 Å². The maximum Gasteiger partial charge on any atom is 0.270 e. The quantitative estimate of drug-likeness (QED) is 0.267. The van der Waals surface area contributed by atoms with Crippen molar-refractivity contribution in [3.63, 3.8) is 0 Å². The van der Waals surface area contributed by atoms with Crippen LogP contribution in [0.1, 0.15) is 27.2 Å². The fourth-order valence-corrected chi connectivity index (χ4v) is 3.44. The second kappa shape index (κ2) is 18.7. The van der Waals surface area contributed by atoms with Crippen LogP contribution in [0.2, 0.25) is 0 Å². The summed E-state index contributed by atoms with van der Waals surface area (Å²) in [7, 11) is 1.62. The molecule has 1 fully saturated rings. The van der Waals surface area contributed by atoms with Crippen molar-refractivity contribution in [3.8, 4) is 0 Å². The average Bonchev–Trinajstić information content (AvgIpc) is 3.18. The minimum atomic E-state index is -0.565. The molecule has 1 saturated heterocycles. The van der Waals surface area contributed by atoms with E-state index in [0.29, 0.717) is 6.61 Å². The Morgan fingerprint density at radius 3 is 2.41 bits per heavy atom. The van der Waals surface area contributed by atoms with Crippen molar-refractivity contribution >= 4 is 40.0 Å². The van der Waals surface area contributed by atoms with E-state index >= 15 is 0 Å². The van der Waals surface area contributed by atoms with Crippen LogP contribution in [0.15, 0.2) is 41.4 Å². The van der Waals surface area contributed by atoms with E-state index in [0.717, 1.165) is 37.0 Å². The van der Waals surface area contributed by atoms with Crippen molar-refractivity contribution in [3.05, 3.63) is 41.7 Å². The molecule has 0 unspecified atom stereocenters. The molecule has 32 heavy (non-hydrogen) atoms. The van der Waals surface area contributed by atoms with Gasteiger partial charge < -0.3 is 14.9 Å². The molecular weight excluding hydrogens is 455 g/mol. The summed E-state index contributed by atoms with van der Waals surface area (Å²) in [6.45, 7) is 7.82. The number of carbonyl (C=O) groups is 1. The van der Waals surface area contributed by atoms with Crippen molar-refractivity contribution in [1.82, 2.24) is 9.29 Å². The van der Waals surface area contributed by atoms with E-state index in [2.05, 4.69) is 31.5 Å². The van der Waals surface area contributed by atoms with Crippen LogP contribution in [0.3, 0.4) is 0 Å². The number of carbonyl (C=O) groups excluding carboxylic acids is 1. The second-order valence-corrected chi connectivity index (χ2v) is 8.17. The number of benzene rings is 1. The number of nitrogens with one attached hydrogen (secondary N) is 2. The molecule has 2 aromatic rings. The highest BCUT2D eigenvalue weighted by atomic mass is 32.2. The third-order valence-corrected chi connectivity index (χ3v) is 5.09. The predicted octanol–water partition coefficient (Wildman–Crippen LogP) is 3.67. The predicted molar refractivity (Wildman–Crippen MR) is 129 cm³/mol. The Balaban J connectivity index is 0.000000457. The minimum Gasteiger partial charge on any atom is -0.396 e. The lowest BCUT2D eigenvalue weighted by Gasteiger charge is -2.34. The number of amides is 1. The molecule has 0 spiro atoms. The zero-order valence-electron chi connectivity index (χ0n) is 18.9. The van der Waals surface area contributed by atoms with Gasteiger partial charge >= 0.3 is 0 Å². The highest BCUT2D eigenvalue weighted by Crippen LogP contribution is 2.26. The molecule has 8 nitrogen and oxygen atoms in total. The fourth-order valence-electron chi connectivity index (χ4n) is 1.83. The third-order valence-electron chi connectivity index (χ3n) is 3.35. The number of aliphatic hydroxyl groups is 2. The van der Waals surface area contributed by atoms with Gasteiger partial charge in [0.1, 0.15) is 0 Å². The number of β-amino-alcohol motifs (C(OH)–C–C–N with tert-alkyl or cyclic N) is 1. The number of nitrogens with zero attached hydrogens (tertiary/aromatic N) is 2. The molecule has 4 N–H and O–H groups in total. The Morgan fingerprint density at radius 1 is 1.38 bits per heavy atom. The van der Waals surface area contributed by atoms with Gasteiger partial charge in [-0.1, -0.05) is 43.4 Å². The highest BCUT2D eigenvalue weighted by Gasteiger charge is 2.24. The third kappa shape index (κ3) is 14.2. The Morgan fingerprint density at radius 2 is 2.00 bits per heavy atom. The lowest BCUT2D eigenvalue weighted by molar-refractivity contribution is -0.110. The van der Waals surface area contributed by atoms with Gasteiger partial charge in [-0.25, -0.2) is 9.29 Å². The molecule has 180 valence electrons. The van der Waals surface area contributed by atoms with Gasteiger partial charge in [0.2, 0.25) is 0 Å². The first kappa shape index (κ1) is 30.1. The number of thiazole rings is 1. The Bertz CT molecular complexity index is 755. The summed E-state index contributed by atoms with van der Waals surface area (Å²) in [4.78, 5) is 15.6. The zero-order chi connectivity index (χ0) is 24.4. The summed E-state index contributed by atoms with van der Waals surface area (Å²) in [6, 6.07) is 10.2. The lowest BCUT2D eigenvalue weighted by atomic mass is 10.2.